The summed E-state index contributed by atoms with van der Waals surface area (Å²) in [6.07, 6.45) is 0.816. The summed E-state index contributed by atoms with van der Waals surface area (Å²) in [6, 6.07) is 7.29. The first kappa shape index (κ1) is 17.5. The van der Waals surface area contributed by atoms with E-state index in [0.29, 0.717) is 24.5 Å². The number of nitrogens with zero attached hydrogens (tertiary/aromatic N) is 2. The van der Waals surface area contributed by atoms with Crippen molar-refractivity contribution in [2.24, 2.45) is 0 Å². The van der Waals surface area contributed by atoms with E-state index in [2.05, 4.69) is 26.3 Å². The number of nitrogens with one attached hydrogen (secondary N) is 1. The van der Waals surface area contributed by atoms with Gasteiger partial charge in [0, 0.05) is 18.8 Å². The fourth-order valence-corrected chi connectivity index (χ4v) is 2.64. The summed E-state index contributed by atoms with van der Waals surface area (Å²) in [4.78, 5) is 12.3. The van der Waals surface area contributed by atoms with E-state index in [9.17, 15) is 4.79 Å². The average molecular weight is 380 g/mol. The molecule has 0 aliphatic rings. The smallest absolute Gasteiger partial charge is 0.255 e. The van der Waals surface area contributed by atoms with Crippen LogP contribution >= 0.6 is 15.9 Å². The first-order valence-corrected chi connectivity index (χ1v) is 8.53. The molecule has 0 aliphatic heterocycles. The molecule has 1 aromatic carbocycles. The third-order valence-electron chi connectivity index (χ3n) is 3.56. The summed E-state index contributed by atoms with van der Waals surface area (Å²) in [7, 11) is 0. The summed E-state index contributed by atoms with van der Waals surface area (Å²) in [6.45, 7) is 7.81. The van der Waals surface area contributed by atoms with Crippen LogP contribution in [0.15, 0.2) is 28.7 Å². The van der Waals surface area contributed by atoms with Crippen LogP contribution in [0.25, 0.3) is 0 Å². The van der Waals surface area contributed by atoms with Gasteiger partial charge in [-0.1, -0.05) is 12.1 Å². The Morgan fingerprint density at radius 3 is 2.74 bits per heavy atom. The molecule has 6 heteroatoms. The number of aryl methyl sites for hydroxylation is 2. The average Bonchev–Trinajstić information content (AvgIpc) is 2.79. The van der Waals surface area contributed by atoms with Gasteiger partial charge in [0.05, 0.1) is 22.3 Å². The molecule has 1 aromatic heterocycles. The van der Waals surface area contributed by atoms with E-state index >= 15 is 0 Å². The van der Waals surface area contributed by atoms with Gasteiger partial charge in [0.1, 0.15) is 5.75 Å². The summed E-state index contributed by atoms with van der Waals surface area (Å²) in [5.74, 6) is 0.513. The van der Waals surface area contributed by atoms with Crippen molar-refractivity contribution < 1.29 is 9.53 Å². The molecule has 0 spiro atoms. The normalized spacial score (nSPS) is 10.6. The molecule has 1 N–H and O–H groups in total. The zero-order chi connectivity index (χ0) is 16.8. The Hall–Kier alpha value is -1.82. The highest BCUT2D eigenvalue weighted by Crippen LogP contribution is 2.20. The number of amides is 1. The van der Waals surface area contributed by atoms with E-state index in [4.69, 9.17) is 4.74 Å². The molecule has 2 rings (SSSR count). The van der Waals surface area contributed by atoms with Crippen LogP contribution in [0.2, 0.25) is 0 Å². The van der Waals surface area contributed by atoms with Gasteiger partial charge in [0.15, 0.2) is 0 Å². The van der Waals surface area contributed by atoms with Crippen molar-refractivity contribution in [1.29, 1.82) is 0 Å². The van der Waals surface area contributed by atoms with E-state index in [-0.39, 0.29) is 5.91 Å². The minimum Gasteiger partial charge on any atom is -0.493 e. The molecule has 1 heterocycles. The van der Waals surface area contributed by atoms with Gasteiger partial charge in [-0.25, -0.2) is 0 Å². The van der Waals surface area contributed by atoms with Crippen LogP contribution in [0.5, 0.6) is 5.75 Å². The number of para-hydroxylation sites is 1. The molecule has 0 saturated heterocycles. The van der Waals surface area contributed by atoms with Crippen LogP contribution in [0.3, 0.4) is 0 Å². The maximum Gasteiger partial charge on any atom is 0.255 e. The van der Waals surface area contributed by atoms with Crippen molar-refractivity contribution in [3.05, 3.63) is 45.7 Å². The van der Waals surface area contributed by atoms with Gasteiger partial charge in [-0.2, -0.15) is 5.10 Å². The lowest BCUT2D eigenvalue weighted by Crippen LogP contribution is -2.26. The summed E-state index contributed by atoms with van der Waals surface area (Å²) < 4.78 is 8.49. The number of halogens is 1. The Morgan fingerprint density at radius 1 is 1.35 bits per heavy atom. The number of benzene rings is 1. The quantitative estimate of drug-likeness (QED) is 0.749. The lowest BCUT2D eigenvalue weighted by atomic mass is 10.2. The molecule has 23 heavy (non-hydrogen) atoms. The van der Waals surface area contributed by atoms with E-state index in [1.807, 2.05) is 43.7 Å². The Labute approximate surface area is 145 Å². The molecule has 0 radical (unpaired) electrons. The molecule has 2 aromatic rings. The maximum absolute atomic E-state index is 12.3. The molecule has 5 nitrogen and oxygen atoms in total. The second-order valence-electron chi connectivity index (χ2n) is 5.25. The van der Waals surface area contributed by atoms with Crippen molar-refractivity contribution in [1.82, 2.24) is 15.1 Å². The monoisotopic (exact) mass is 379 g/mol. The van der Waals surface area contributed by atoms with E-state index in [1.54, 1.807) is 6.07 Å². The Bertz CT molecular complexity index is 682. The Balaban J connectivity index is 1.87. The summed E-state index contributed by atoms with van der Waals surface area (Å²) in [5.41, 5.74) is 2.66. The van der Waals surface area contributed by atoms with Gasteiger partial charge in [-0.15, -0.1) is 0 Å². The zero-order valence-electron chi connectivity index (χ0n) is 13.7. The van der Waals surface area contributed by atoms with Crippen LogP contribution in [0.4, 0.5) is 0 Å². The number of ether oxygens (including phenoxy) is 1. The molecular weight excluding hydrogens is 358 g/mol. The Morgan fingerprint density at radius 2 is 2.09 bits per heavy atom. The second kappa shape index (κ2) is 8.15. The number of hydrogen-bond donors (Lipinski definition) is 1. The predicted octanol–water partition coefficient (Wildman–Crippen LogP) is 3.48. The van der Waals surface area contributed by atoms with Crippen LogP contribution in [0, 0.1) is 13.8 Å². The first-order chi connectivity index (χ1) is 11.0. The van der Waals surface area contributed by atoms with E-state index in [1.165, 1.54) is 0 Å². The van der Waals surface area contributed by atoms with Crippen molar-refractivity contribution in [2.45, 2.75) is 33.7 Å². The van der Waals surface area contributed by atoms with Gasteiger partial charge in [0.2, 0.25) is 0 Å². The number of carbonyl (C=O) groups is 1. The lowest BCUT2D eigenvalue weighted by Gasteiger charge is -2.10. The molecule has 0 unspecified atom stereocenters. The highest BCUT2D eigenvalue weighted by molar-refractivity contribution is 9.10. The molecule has 0 fully saturated rings. The van der Waals surface area contributed by atoms with Gasteiger partial charge in [0.25, 0.3) is 5.91 Å². The number of hydrogen-bond acceptors (Lipinski definition) is 3. The van der Waals surface area contributed by atoms with Crippen LogP contribution < -0.4 is 10.1 Å². The molecule has 0 saturated carbocycles. The van der Waals surface area contributed by atoms with Gasteiger partial charge >= 0.3 is 0 Å². The molecule has 0 bridgehead atoms. The van der Waals surface area contributed by atoms with E-state index in [0.717, 1.165) is 28.8 Å². The van der Waals surface area contributed by atoms with Crippen LogP contribution in [-0.4, -0.2) is 28.8 Å². The zero-order valence-corrected chi connectivity index (χ0v) is 15.3. The molecular formula is C17H22BrN3O2. The van der Waals surface area contributed by atoms with Gasteiger partial charge in [-0.05, 0) is 55.3 Å². The van der Waals surface area contributed by atoms with Crippen LogP contribution in [-0.2, 0) is 6.54 Å². The molecule has 1 amide bonds. The topological polar surface area (TPSA) is 56.1 Å². The number of carbonyl (C=O) groups excluding carboxylic acids is 1. The summed E-state index contributed by atoms with van der Waals surface area (Å²) in [5, 5.41) is 7.40. The van der Waals surface area contributed by atoms with Crippen molar-refractivity contribution >= 4 is 21.8 Å². The standard InChI is InChI=1S/C17H22BrN3O2/c1-4-23-15-9-6-5-8-14(15)17(22)19-10-7-11-21-13(3)16(18)12(2)20-21/h5-6,8-9H,4,7,10-11H2,1-3H3,(H,19,22). The lowest BCUT2D eigenvalue weighted by molar-refractivity contribution is 0.0949. The van der Waals surface area contributed by atoms with Gasteiger partial charge in [-0.3, -0.25) is 9.48 Å². The van der Waals surface area contributed by atoms with Crippen molar-refractivity contribution in [3.63, 3.8) is 0 Å². The molecule has 124 valence electrons. The number of aromatic nitrogens is 2. The van der Waals surface area contributed by atoms with Crippen LogP contribution in [0.1, 0.15) is 35.1 Å². The van der Waals surface area contributed by atoms with Crippen molar-refractivity contribution in [3.8, 4) is 5.75 Å². The largest absolute Gasteiger partial charge is 0.493 e. The first-order valence-electron chi connectivity index (χ1n) is 7.74. The highest BCUT2D eigenvalue weighted by atomic mass is 79.9. The predicted molar refractivity (Wildman–Crippen MR) is 94.0 cm³/mol. The fraction of sp³-hybridized carbons (Fsp3) is 0.412. The van der Waals surface area contributed by atoms with E-state index < -0.39 is 0 Å². The fourth-order valence-electron chi connectivity index (χ4n) is 2.35. The minimum atomic E-state index is -0.108. The Kier molecular flexibility index (Phi) is 6.21. The third kappa shape index (κ3) is 4.34. The third-order valence-corrected chi connectivity index (χ3v) is 4.70. The molecule has 0 aliphatic carbocycles. The second-order valence-corrected chi connectivity index (χ2v) is 6.04. The minimum absolute atomic E-state index is 0.108. The number of rotatable bonds is 7. The van der Waals surface area contributed by atoms with Gasteiger partial charge < -0.3 is 10.1 Å². The maximum atomic E-state index is 12.3. The summed E-state index contributed by atoms with van der Waals surface area (Å²) >= 11 is 3.52. The molecule has 0 atom stereocenters. The van der Waals surface area contributed by atoms with Crippen molar-refractivity contribution in [2.75, 3.05) is 13.2 Å². The SMILES string of the molecule is CCOc1ccccc1C(=O)NCCCn1nc(C)c(Br)c1C. The highest BCUT2D eigenvalue weighted by Gasteiger charge is 2.12.